The number of nitrogens with one attached hydrogen (secondary N) is 1. The summed E-state index contributed by atoms with van der Waals surface area (Å²) in [5.41, 5.74) is 0.758. The third-order valence-corrected chi connectivity index (χ3v) is 13.7. The minimum absolute atomic E-state index is 0.00274. The fourth-order valence-electron chi connectivity index (χ4n) is 8.11. The van der Waals surface area contributed by atoms with Crippen LogP contribution in [-0.4, -0.2) is 130 Å². The predicted molar refractivity (Wildman–Crippen MR) is 232 cm³/mol. The number of esters is 1. The lowest BCUT2D eigenvalue weighted by Crippen LogP contribution is -2.59. The molecule has 0 saturated carbocycles. The van der Waals surface area contributed by atoms with E-state index in [-0.39, 0.29) is 36.1 Å². The Labute approximate surface area is 356 Å². The lowest BCUT2D eigenvalue weighted by atomic mass is 9.81. The van der Waals surface area contributed by atoms with Gasteiger partial charge in [-0.15, -0.1) is 11.8 Å². The highest BCUT2D eigenvalue weighted by atomic mass is 32.2. The highest BCUT2D eigenvalue weighted by Gasteiger charge is 2.44. The Morgan fingerprint density at radius 1 is 1.00 bits per heavy atom. The first kappa shape index (κ1) is 47.8. The Kier molecular flexibility index (Phi) is 16.7. The van der Waals surface area contributed by atoms with E-state index < -0.39 is 65.5 Å². The van der Waals surface area contributed by atoms with Gasteiger partial charge in [-0.2, -0.15) is 0 Å². The van der Waals surface area contributed by atoms with E-state index in [0.29, 0.717) is 55.7 Å². The molecule has 4 rings (SSSR count). The van der Waals surface area contributed by atoms with Crippen LogP contribution in [0.15, 0.2) is 40.9 Å². The zero-order valence-electron chi connectivity index (χ0n) is 37.3. The monoisotopic (exact) mass is 839 g/mol. The number of likely N-dealkylation sites (N-methyl/N-ethyl adjacent to an activating group) is 2. The van der Waals surface area contributed by atoms with Crippen LogP contribution in [0.1, 0.15) is 100.0 Å². The van der Waals surface area contributed by atoms with Gasteiger partial charge >= 0.3 is 5.97 Å². The van der Waals surface area contributed by atoms with E-state index in [0.717, 1.165) is 10.6 Å². The van der Waals surface area contributed by atoms with Gasteiger partial charge < -0.3 is 34.6 Å². The number of carbonyl (C=O) groups excluding carboxylic acids is 5. The van der Waals surface area contributed by atoms with Crippen molar-refractivity contribution < 1.29 is 38.6 Å². The molecule has 1 aromatic rings. The van der Waals surface area contributed by atoms with E-state index in [9.17, 15) is 29.1 Å². The summed E-state index contributed by atoms with van der Waals surface area (Å²) in [4.78, 5) is 80.4. The lowest BCUT2D eigenvalue weighted by Gasteiger charge is -2.39. The maximum atomic E-state index is 14.6. The topological polar surface area (TPSA) is 158 Å². The number of hydrogen-bond acceptors (Lipinski definition) is 10. The summed E-state index contributed by atoms with van der Waals surface area (Å²) in [5, 5.41) is 15.2. The van der Waals surface area contributed by atoms with Crippen molar-refractivity contribution in [3.05, 3.63) is 41.5 Å². The van der Waals surface area contributed by atoms with Crippen LogP contribution >= 0.6 is 11.8 Å². The van der Waals surface area contributed by atoms with Gasteiger partial charge in [0.25, 0.3) is 0 Å². The fraction of sp³-hybridized carbons (Fsp3) is 0.689. The van der Waals surface area contributed by atoms with Gasteiger partial charge in [-0.25, -0.2) is 4.79 Å². The summed E-state index contributed by atoms with van der Waals surface area (Å²) in [7, 11) is 4.67. The second kappa shape index (κ2) is 20.6. The van der Waals surface area contributed by atoms with Crippen molar-refractivity contribution in [1.29, 1.82) is 0 Å². The number of fused-ring (bicyclic) bond motifs is 2. The molecule has 328 valence electrons. The third kappa shape index (κ3) is 11.9. The maximum absolute atomic E-state index is 14.6. The quantitative estimate of drug-likeness (QED) is 0.377. The number of thioether (sulfide) groups is 1. The van der Waals surface area contributed by atoms with Crippen molar-refractivity contribution in [2.24, 2.45) is 28.2 Å². The van der Waals surface area contributed by atoms with Crippen molar-refractivity contribution in [2.45, 2.75) is 143 Å². The second-order valence-corrected chi connectivity index (χ2v) is 19.1. The largest absolute Gasteiger partial charge is 0.497 e. The standard InChI is InChI=1S/C45H69N5O8S/c1-13-27(3)38-43(55)50-20-14-15-35(50)44(56)58-37(45(7,8)9)22-26(2)21-36(51)29(5)40-46-32(25-59-40)23-28(4)39(52)47-34(24-31-16-18-33(57-12)19-17-31)42(54)48(10)30(6)41(53)49(38)11/h16-19,23,26-27,29-30,32,34-38,51H,13-15,20-22,24-25H2,1-12H3,(H,47,52)/t26-,27-,29-,30-,32-,34-,35-,36-,37?,38-/m0/s1. The molecule has 4 amide bonds. The van der Waals surface area contributed by atoms with Gasteiger partial charge in [-0.3, -0.25) is 24.2 Å². The zero-order valence-corrected chi connectivity index (χ0v) is 38.1. The minimum atomic E-state index is -1.03. The van der Waals surface area contributed by atoms with E-state index in [1.54, 1.807) is 62.9 Å². The molecule has 1 fully saturated rings. The lowest BCUT2D eigenvalue weighted by molar-refractivity contribution is -0.166. The molecule has 1 saturated heterocycles. The Balaban J connectivity index is 1.74. The van der Waals surface area contributed by atoms with E-state index in [1.807, 2.05) is 60.6 Å². The number of amides is 4. The molecule has 0 spiro atoms. The number of rotatable bonds is 5. The number of ether oxygens (including phenoxy) is 2. The second-order valence-electron chi connectivity index (χ2n) is 18.1. The average molecular weight is 840 g/mol. The number of aliphatic hydroxyl groups excluding tert-OH is 1. The summed E-state index contributed by atoms with van der Waals surface area (Å²) >= 11 is 1.56. The van der Waals surface area contributed by atoms with Crippen molar-refractivity contribution >= 4 is 46.4 Å². The summed E-state index contributed by atoms with van der Waals surface area (Å²) in [5.74, 6) is -1.41. The highest BCUT2D eigenvalue weighted by molar-refractivity contribution is 8.14. The van der Waals surface area contributed by atoms with Crippen molar-refractivity contribution in [2.75, 3.05) is 33.5 Å². The number of methoxy groups -OCH3 is 1. The van der Waals surface area contributed by atoms with Gasteiger partial charge in [0, 0.05) is 44.3 Å². The molecular formula is C45H69N5O8S. The average Bonchev–Trinajstić information content (AvgIpc) is 3.89. The molecule has 0 aliphatic carbocycles. The molecular weight excluding hydrogens is 771 g/mol. The van der Waals surface area contributed by atoms with Gasteiger partial charge in [0.2, 0.25) is 23.6 Å². The molecule has 3 aliphatic heterocycles. The Hall–Kier alpha value is -3.91. The first-order chi connectivity index (χ1) is 27.7. The summed E-state index contributed by atoms with van der Waals surface area (Å²) in [6.45, 7) is 17.6. The molecule has 14 heteroatoms. The SMILES string of the molecule is CC[C@H](C)[C@H]1C(=O)N2CCC[C@H]2C(=O)OC(C(C)(C)C)C[C@@H](C)C[C@H](O)[C@H](C)C2=N[C@@H](C=C(C)C(=O)N[C@@H](Cc3ccc(OC)cc3)C(=O)N(C)[C@@H](C)C(=O)N1C)CS2. The molecule has 10 atom stereocenters. The normalized spacial score (nSPS) is 30.8. The smallest absolute Gasteiger partial charge is 0.329 e. The molecule has 2 N–H and O–H groups in total. The van der Waals surface area contributed by atoms with Crippen LogP contribution in [0.25, 0.3) is 0 Å². The van der Waals surface area contributed by atoms with Gasteiger partial charge in [-0.1, -0.05) is 73.1 Å². The van der Waals surface area contributed by atoms with Crippen LogP contribution in [0, 0.1) is 23.2 Å². The molecule has 59 heavy (non-hydrogen) atoms. The number of nitrogens with zero attached hydrogens (tertiary/aromatic N) is 4. The first-order valence-electron chi connectivity index (χ1n) is 21.2. The Morgan fingerprint density at radius 3 is 2.27 bits per heavy atom. The van der Waals surface area contributed by atoms with Gasteiger partial charge in [0.15, 0.2) is 0 Å². The molecule has 0 radical (unpaired) electrons. The van der Waals surface area contributed by atoms with Crippen molar-refractivity contribution in [3.63, 3.8) is 0 Å². The molecule has 2 bridgehead atoms. The van der Waals surface area contributed by atoms with E-state index in [4.69, 9.17) is 14.5 Å². The van der Waals surface area contributed by atoms with E-state index in [1.165, 1.54) is 16.8 Å². The summed E-state index contributed by atoms with van der Waals surface area (Å²) < 4.78 is 11.6. The summed E-state index contributed by atoms with van der Waals surface area (Å²) in [6, 6.07) is 3.19. The fourth-order valence-corrected chi connectivity index (χ4v) is 9.25. The van der Waals surface area contributed by atoms with Gasteiger partial charge in [-0.05, 0) is 74.5 Å². The van der Waals surface area contributed by atoms with Crippen LogP contribution in [0.5, 0.6) is 5.75 Å². The molecule has 3 aliphatic rings. The molecule has 1 aromatic carbocycles. The van der Waals surface area contributed by atoms with Crippen LogP contribution in [0.2, 0.25) is 0 Å². The molecule has 0 aromatic heterocycles. The first-order valence-corrected chi connectivity index (χ1v) is 22.2. The number of cyclic esters (lactones) is 1. The van der Waals surface area contributed by atoms with Gasteiger partial charge in [0.1, 0.15) is 36.0 Å². The van der Waals surface area contributed by atoms with E-state index in [2.05, 4.69) is 5.32 Å². The minimum Gasteiger partial charge on any atom is -0.497 e. The predicted octanol–water partition coefficient (Wildman–Crippen LogP) is 5.28. The molecule has 3 heterocycles. The molecule has 1 unspecified atom stereocenters. The van der Waals surface area contributed by atoms with Crippen molar-refractivity contribution in [3.8, 4) is 5.75 Å². The summed E-state index contributed by atoms with van der Waals surface area (Å²) in [6.07, 6.45) is 3.41. The van der Waals surface area contributed by atoms with E-state index >= 15 is 0 Å². The number of benzene rings is 1. The van der Waals surface area contributed by atoms with Crippen LogP contribution < -0.4 is 10.1 Å². The number of aliphatic imine (C=N–C) groups is 1. The van der Waals surface area contributed by atoms with Crippen LogP contribution in [-0.2, 0) is 35.1 Å². The third-order valence-electron chi connectivity index (χ3n) is 12.4. The number of carbonyl (C=O) groups is 5. The van der Waals surface area contributed by atoms with Crippen LogP contribution in [0.3, 0.4) is 0 Å². The van der Waals surface area contributed by atoms with Crippen molar-refractivity contribution in [1.82, 2.24) is 20.0 Å². The zero-order chi connectivity index (χ0) is 43.9. The Morgan fingerprint density at radius 2 is 1.66 bits per heavy atom. The highest BCUT2D eigenvalue weighted by Crippen LogP contribution is 2.34. The van der Waals surface area contributed by atoms with Gasteiger partial charge in [0.05, 0.1) is 24.3 Å². The number of hydrogen-bond donors (Lipinski definition) is 2. The maximum Gasteiger partial charge on any atom is 0.329 e. The van der Waals surface area contributed by atoms with Crippen LogP contribution in [0.4, 0.5) is 0 Å². The Bertz CT molecular complexity index is 1730. The number of aliphatic hydroxyl groups is 1. The molecule has 13 nitrogen and oxygen atoms in total.